The van der Waals surface area contributed by atoms with E-state index in [0.717, 1.165) is 29.4 Å². The van der Waals surface area contributed by atoms with Crippen molar-refractivity contribution in [3.8, 4) is 0 Å². The first kappa shape index (κ1) is 16.8. The van der Waals surface area contributed by atoms with Gasteiger partial charge in [0.15, 0.2) is 0 Å². The van der Waals surface area contributed by atoms with E-state index in [1.165, 1.54) is 5.56 Å². The number of fused-ring (bicyclic) bond motifs is 1. The number of hydrogen-bond donors (Lipinski definition) is 1. The van der Waals surface area contributed by atoms with Crippen LogP contribution in [0, 0.1) is 6.92 Å². The number of para-hydroxylation sites is 2. The number of carbonyl (C=O) groups is 1. The molecular formula is C21H23N3O2. The lowest BCUT2D eigenvalue weighted by Gasteiger charge is -2.23. The van der Waals surface area contributed by atoms with Crippen LogP contribution in [0.15, 0.2) is 48.5 Å². The zero-order chi connectivity index (χ0) is 18.1. The first-order valence-corrected chi connectivity index (χ1v) is 9.05. The van der Waals surface area contributed by atoms with Gasteiger partial charge in [0, 0.05) is 12.6 Å². The molecular weight excluding hydrogens is 326 g/mol. The number of nitrogens with zero attached hydrogens (tertiary/aromatic N) is 3. The smallest absolute Gasteiger partial charge is 0.243 e. The number of aromatic nitrogens is 2. The number of aryl methyl sites for hydroxylation is 1. The van der Waals surface area contributed by atoms with Crippen molar-refractivity contribution in [2.45, 2.75) is 45.5 Å². The van der Waals surface area contributed by atoms with E-state index in [1.807, 2.05) is 33.7 Å². The Kier molecular flexibility index (Phi) is 4.47. The van der Waals surface area contributed by atoms with Gasteiger partial charge in [-0.1, -0.05) is 42.0 Å². The van der Waals surface area contributed by atoms with E-state index in [4.69, 9.17) is 0 Å². The van der Waals surface area contributed by atoms with Gasteiger partial charge in [-0.3, -0.25) is 4.79 Å². The minimum Gasteiger partial charge on any atom is -0.388 e. The van der Waals surface area contributed by atoms with Crippen molar-refractivity contribution < 1.29 is 9.90 Å². The summed E-state index contributed by atoms with van der Waals surface area (Å²) in [6, 6.07) is 16.4. The summed E-state index contributed by atoms with van der Waals surface area (Å²) in [6.07, 6.45) is 2.13. The van der Waals surface area contributed by atoms with Crippen molar-refractivity contribution in [1.82, 2.24) is 14.5 Å². The first-order valence-electron chi connectivity index (χ1n) is 9.05. The lowest BCUT2D eigenvalue weighted by atomic mass is 10.1. The summed E-state index contributed by atoms with van der Waals surface area (Å²) in [6.45, 7) is 2.72. The molecule has 0 saturated heterocycles. The lowest BCUT2D eigenvalue weighted by Crippen LogP contribution is -2.35. The quantitative estimate of drug-likeness (QED) is 0.744. The first-order chi connectivity index (χ1) is 12.7. The third-order valence-corrected chi connectivity index (χ3v) is 4.95. The van der Waals surface area contributed by atoms with Crippen molar-refractivity contribution in [2.75, 3.05) is 0 Å². The van der Waals surface area contributed by atoms with Gasteiger partial charge in [-0.05, 0) is 37.5 Å². The fraction of sp³-hybridized carbons (Fsp3) is 0.333. The Morgan fingerprint density at radius 3 is 2.62 bits per heavy atom. The SMILES string of the molecule is Cc1ccc(CN(C(=O)Cn2c(CO)nc3ccccc32)C2CC2)cc1. The molecule has 1 saturated carbocycles. The number of aliphatic hydroxyl groups excluding tert-OH is 1. The molecule has 0 unspecified atom stereocenters. The maximum atomic E-state index is 13.1. The molecule has 1 aromatic heterocycles. The van der Waals surface area contributed by atoms with Crippen molar-refractivity contribution >= 4 is 16.9 Å². The van der Waals surface area contributed by atoms with Crippen LogP contribution in [-0.2, 0) is 24.5 Å². The Labute approximate surface area is 152 Å². The molecule has 5 nitrogen and oxygen atoms in total. The molecule has 1 aliphatic carbocycles. The Balaban J connectivity index is 1.58. The Morgan fingerprint density at radius 2 is 1.92 bits per heavy atom. The van der Waals surface area contributed by atoms with Crippen molar-refractivity contribution in [3.05, 3.63) is 65.5 Å². The molecule has 134 valence electrons. The molecule has 26 heavy (non-hydrogen) atoms. The van der Waals surface area contributed by atoms with Gasteiger partial charge in [-0.25, -0.2) is 4.98 Å². The summed E-state index contributed by atoms with van der Waals surface area (Å²) < 4.78 is 1.84. The van der Waals surface area contributed by atoms with Gasteiger partial charge in [0.1, 0.15) is 19.0 Å². The number of benzene rings is 2. The molecule has 5 heteroatoms. The van der Waals surface area contributed by atoms with E-state index >= 15 is 0 Å². The number of hydrogen-bond acceptors (Lipinski definition) is 3. The number of rotatable bonds is 6. The average Bonchev–Trinajstić information content (AvgIpc) is 3.43. The lowest BCUT2D eigenvalue weighted by molar-refractivity contribution is -0.133. The van der Waals surface area contributed by atoms with Gasteiger partial charge in [0.05, 0.1) is 11.0 Å². The highest BCUT2D eigenvalue weighted by atomic mass is 16.3. The Bertz CT molecular complexity index is 926. The van der Waals surface area contributed by atoms with Crippen LogP contribution in [0.5, 0.6) is 0 Å². The van der Waals surface area contributed by atoms with E-state index in [2.05, 4.69) is 36.2 Å². The molecule has 2 aromatic carbocycles. The standard InChI is InChI=1S/C21H23N3O2/c1-15-6-8-16(9-7-15)12-23(17-10-11-17)21(26)13-24-19-5-3-2-4-18(19)22-20(24)14-25/h2-9,17,25H,10-14H2,1H3. The topological polar surface area (TPSA) is 58.4 Å². The zero-order valence-corrected chi connectivity index (χ0v) is 14.9. The second kappa shape index (κ2) is 6.92. The third kappa shape index (κ3) is 3.35. The fourth-order valence-corrected chi connectivity index (χ4v) is 3.35. The number of aliphatic hydroxyl groups is 1. The van der Waals surface area contributed by atoms with Crippen LogP contribution in [-0.4, -0.2) is 31.5 Å². The van der Waals surface area contributed by atoms with Crippen LogP contribution < -0.4 is 0 Å². The van der Waals surface area contributed by atoms with Gasteiger partial charge in [0.25, 0.3) is 0 Å². The molecule has 0 radical (unpaired) electrons. The second-order valence-electron chi connectivity index (χ2n) is 7.00. The van der Waals surface area contributed by atoms with Crippen LogP contribution >= 0.6 is 0 Å². The number of imidazole rings is 1. The van der Waals surface area contributed by atoms with Gasteiger partial charge in [0.2, 0.25) is 5.91 Å². The van der Waals surface area contributed by atoms with Crippen LogP contribution in [0.2, 0.25) is 0 Å². The van der Waals surface area contributed by atoms with E-state index in [1.54, 1.807) is 0 Å². The summed E-state index contributed by atoms with van der Waals surface area (Å²) in [5, 5.41) is 9.65. The molecule has 0 aliphatic heterocycles. The Morgan fingerprint density at radius 1 is 1.19 bits per heavy atom. The van der Waals surface area contributed by atoms with E-state index < -0.39 is 0 Å². The predicted molar refractivity (Wildman–Crippen MR) is 100 cm³/mol. The molecule has 1 fully saturated rings. The highest BCUT2D eigenvalue weighted by molar-refractivity contribution is 5.81. The predicted octanol–water partition coefficient (Wildman–Crippen LogP) is 3.03. The summed E-state index contributed by atoms with van der Waals surface area (Å²) in [7, 11) is 0. The van der Waals surface area contributed by atoms with Gasteiger partial charge >= 0.3 is 0 Å². The maximum absolute atomic E-state index is 13.1. The second-order valence-corrected chi connectivity index (χ2v) is 7.00. The van der Waals surface area contributed by atoms with Crippen molar-refractivity contribution in [2.24, 2.45) is 0 Å². The highest BCUT2D eigenvalue weighted by Crippen LogP contribution is 2.29. The van der Waals surface area contributed by atoms with Crippen molar-refractivity contribution in [3.63, 3.8) is 0 Å². The fourth-order valence-electron chi connectivity index (χ4n) is 3.35. The maximum Gasteiger partial charge on any atom is 0.243 e. The van der Waals surface area contributed by atoms with Crippen LogP contribution in [0.4, 0.5) is 0 Å². The molecule has 4 rings (SSSR count). The average molecular weight is 349 g/mol. The molecule has 0 spiro atoms. The minimum atomic E-state index is -0.177. The minimum absolute atomic E-state index is 0.0749. The van der Waals surface area contributed by atoms with Crippen LogP contribution in [0.25, 0.3) is 11.0 Å². The third-order valence-electron chi connectivity index (χ3n) is 4.95. The van der Waals surface area contributed by atoms with Gasteiger partial charge < -0.3 is 14.6 Å². The summed E-state index contributed by atoms with van der Waals surface area (Å²) in [4.78, 5) is 19.5. The van der Waals surface area contributed by atoms with Gasteiger partial charge in [-0.2, -0.15) is 0 Å². The summed E-state index contributed by atoms with van der Waals surface area (Å²) in [5.41, 5.74) is 4.06. The summed E-state index contributed by atoms with van der Waals surface area (Å²) >= 11 is 0. The van der Waals surface area contributed by atoms with E-state index in [0.29, 0.717) is 18.4 Å². The molecule has 1 N–H and O–H groups in total. The van der Waals surface area contributed by atoms with Crippen molar-refractivity contribution in [1.29, 1.82) is 0 Å². The molecule has 1 amide bonds. The molecule has 1 aliphatic rings. The molecule has 0 atom stereocenters. The van der Waals surface area contributed by atoms with E-state index in [-0.39, 0.29) is 19.1 Å². The monoisotopic (exact) mass is 349 g/mol. The highest BCUT2D eigenvalue weighted by Gasteiger charge is 2.33. The molecule has 0 bridgehead atoms. The normalized spacial score (nSPS) is 13.9. The van der Waals surface area contributed by atoms with Crippen LogP contribution in [0.3, 0.4) is 0 Å². The van der Waals surface area contributed by atoms with Crippen LogP contribution in [0.1, 0.15) is 29.8 Å². The summed E-state index contributed by atoms with van der Waals surface area (Å²) in [5.74, 6) is 0.608. The number of amides is 1. The molecule has 1 heterocycles. The zero-order valence-electron chi connectivity index (χ0n) is 14.9. The Hall–Kier alpha value is -2.66. The van der Waals surface area contributed by atoms with E-state index in [9.17, 15) is 9.90 Å². The van der Waals surface area contributed by atoms with Gasteiger partial charge in [-0.15, -0.1) is 0 Å². The molecule has 3 aromatic rings. The number of carbonyl (C=O) groups excluding carboxylic acids is 1. The largest absolute Gasteiger partial charge is 0.388 e.